The van der Waals surface area contributed by atoms with Gasteiger partial charge in [0.05, 0.1) is 13.2 Å². The molecule has 0 aliphatic carbocycles. The van der Waals surface area contributed by atoms with Gasteiger partial charge in [0.25, 0.3) is 0 Å². The van der Waals surface area contributed by atoms with Gasteiger partial charge >= 0.3 is 0 Å². The SMILES string of the molecule is c1ccc2c(CNCCCN3CCOCC3)cccc2c1. The molecule has 0 amide bonds. The average molecular weight is 284 g/mol. The van der Waals surface area contributed by atoms with Crippen molar-refractivity contribution in [2.24, 2.45) is 0 Å². The predicted octanol–water partition coefficient (Wildman–Crippen LogP) is 2.65. The van der Waals surface area contributed by atoms with E-state index in [0.717, 1.165) is 39.4 Å². The molecule has 0 aromatic heterocycles. The molecule has 1 N–H and O–H groups in total. The minimum atomic E-state index is 0.892. The molecule has 1 aliphatic rings. The average Bonchev–Trinajstić information content (AvgIpc) is 2.56. The summed E-state index contributed by atoms with van der Waals surface area (Å²) < 4.78 is 5.37. The molecule has 1 fully saturated rings. The minimum absolute atomic E-state index is 0.892. The fourth-order valence-electron chi connectivity index (χ4n) is 2.92. The molecule has 112 valence electrons. The Kier molecular flexibility index (Phi) is 5.22. The summed E-state index contributed by atoms with van der Waals surface area (Å²) in [6.07, 6.45) is 1.20. The Bertz CT molecular complexity index is 559. The standard InChI is InChI=1S/C18H24N2O/c1-2-8-18-16(5-1)6-3-7-17(18)15-19-9-4-10-20-11-13-21-14-12-20/h1-3,5-8,19H,4,9-15H2. The first-order valence-corrected chi connectivity index (χ1v) is 7.91. The lowest BCUT2D eigenvalue weighted by Gasteiger charge is -2.26. The van der Waals surface area contributed by atoms with Crippen LogP contribution in [0.3, 0.4) is 0 Å². The molecule has 0 spiro atoms. The highest BCUT2D eigenvalue weighted by Gasteiger charge is 2.08. The molecule has 0 saturated carbocycles. The lowest BCUT2D eigenvalue weighted by atomic mass is 10.0. The molecule has 3 nitrogen and oxygen atoms in total. The van der Waals surface area contributed by atoms with Crippen molar-refractivity contribution in [2.75, 3.05) is 39.4 Å². The molecule has 0 radical (unpaired) electrons. The summed E-state index contributed by atoms with van der Waals surface area (Å²) in [5.74, 6) is 0. The number of morpholine rings is 1. The minimum Gasteiger partial charge on any atom is -0.379 e. The maximum Gasteiger partial charge on any atom is 0.0594 e. The number of nitrogens with one attached hydrogen (secondary N) is 1. The van der Waals surface area contributed by atoms with Crippen molar-refractivity contribution >= 4 is 10.8 Å². The summed E-state index contributed by atoms with van der Waals surface area (Å²) in [5.41, 5.74) is 1.39. The zero-order valence-electron chi connectivity index (χ0n) is 12.6. The van der Waals surface area contributed by atoms with E-state index in [2.05, 4.69) is 52.7 Å². The number of fused-ring (bicyclic) bond motifs is 1. The smallest absolute Gasteiger partial charge is 0.0594 e. The molecule has 0 bridgehead atoms. The van der Waals surface area contributed by atoms with Gasteiger partial charge in [0, 0.05) is 19.6 Å². The molecule has 1 saturated heterocycles. The number of nitrogens with zero attached hydrogens (tertiary/aromatic N) is 1. The molecular formula is C18H24N2O. The molecule has 21 heavy (non-hydrogen) atoms. The highest BCUT2D eigenvalue weighted by atomic mass is 16.5. The van der Waals surface area contributed by atoms with E-state index in [1.165, 1.54) is 29.3 Å². The van der Waals surface area contributed by atoms with E-state index < -0.39 is 0 Å². The first-order valence-electron chi connectivity index (χ1n) is 7.91. The highest BCUT2D eigenvalue weighted by molar-refractivity contribution is 5.85. The third-order valence-corrected chi connectivity index (χ3v) is 4.13. The third-order valence-electron chi connectivity index (χ3n) is 4.13. The summed E-state index contributed by atoms with van der Waals surface area (Å²) in [6, 6.07) is 15.1. The van der Waals surface area contributed by atoms with E-state index in [1.54, 1.807) is 0 Å². The fraction of sp³-hybridized carbons (Fsp3) is 0.444. The van der Waals surface area contributed by atoms with Gasteiger partial charge in [-0.05, 0) is 35.8 Å². The van der Waals surface area contributed by atoms with Gasteiger partial charge in [-0.2, -0.15) is 0 Å². The molecule has 0 unspecified atom stereocenters. The first kappa shape index (κ1) is 14.5. The topological polar surface area (TPSA) is 24.5 Å². The molecule has 3 heteroatoms. The van der Waals surface area contributed by atoms with E-state index in [1.807, 2.05) is 0 Å². The highest BCUT2D eigenvalue weighted by Crippen LogP contribution is 2.18. The van der Waals surface area contributed by atoms with Crippen molar-refractivity contribution in [1.82, 2.24) is 10.2 Å². The lowest BCUT2D eigenvalue weighted by Crippen LogP contribution is -2.37. The van der Waals surface area contributed by atoms with E-state index in [-0.39, 0.29) is 0 Å². The van der Waals surface area contributed by atoms with Crippen LogP contribution in [0.5, 0.6) is 0 Å². The Labute approximate surface area is 126 Å². The predicted molar refractivity (Wildman–Crippen MR) is 87.5 cm³/mol. The van der Waals surface area contributed by atoms with Crippen LogP contribution in [-0.2, 0) is 11.3 Å². The molecule has 1 heterocycles. The lowest BCUT2D eigenvalue weighted by molar-refractivity contribution is 0.0374. The molecule has 0 atom stereocenters. The van der Waals surface area contributed by atoms with Crippen LogP contribution in [0.2, 0.25) is 0 Å². The van der Waals surface area contributed by atoms with Crippen molar-refractivity contribution < 1.29 is 4.74 Å². The normalized spacial score (nSPS) is 16.4. The van der Waals surface area contributed by atoms with Crippen LogP contribution in [0.4, 0.5) is 0 Å². The van der Waals surface area contributed by atoms with Gasteiger partial charge in [-0.1, -0.05) is 42.5 Å². The Morgan fingerprint density at radius 2 is 1.81 bits per heavy atom. The summed E-state index contributed by atoms with van der Waals surface area (Å²) in [6.45, 7) is 7.15. The van der Waals surface area contributed by atoms with Gasteiger partial charge < -0.3 is 10.1 Å². The first-order chi connectivity index (χ1) is 10.4. The summed E-state index contributed by atoms with van der Waals surface area (Å²) in [5, 5.41) is 6.26. The van der Waals surface area contributed by atoms with Crippen molar-refractivity contribution in [1.29, 1.82) is 0 Å². The summed E-state index contributed by atoms with van der Waals surface area (Å²) in [4.78, 5) is 2.49. The van der Waals surface area contributed by atoms with Crippen molar-refractivity contribution in [3.8, 4) is 0 Å². The summed E-state index contributed by atoms with van der Waals surface area (Å²) in [7, 11) is 0. The Morgan fingerprint density at radius 3 is 2.71 bits per heavy atom. The van der Waals surface area contributed by atoms with Crippen molar-refractivity contribution in [3.05, 3.63) is 48.0 Å². The second kappa shape index (κ2) is 7.55. The molecular weight excluding hydrogens is 260 g/mol. The molecule has 2 aromatic carbocycles. The Hall–Kier alpha value is -1.42. The van der Waals surface area contributed by atoms with Crippen LogP contribution in [-0.4, -0.2) is 44.3 Å². The maximum atomic E-state index is 5.37. The van der Waals surface area contributed by atoms with E-state index in [0.29, 0.717) is 0 Å². The quantitative estimate of drug-likeness (QED) is 0.825. The van der Waals surface area contributed by atoms with Crippen LogP contribution >= 0.6 is 0 Å². The fourth-order valence-corrected chi connectivity index (χ4v) is 2.92. The largest absolute Gasteiger partial charge is 0.379 e. The van der Waals surface area contributed by atoms with Gasteiger partial charge in [-0.15, -0.1) is 0 Å². The van der Waals surface area contributed by atoms with Crippen molar-refractivity contribution in [3.63, 3.8) is 0 Å². The molecule has 3 rings (SSSR count). The number of hydrogen-bond acceptors (Lipinski definition) is 3. The van der Waals surface area contributed by atoms with Gasteiger partial charge in [0.15, 0.2) is 0 Å². The van der Waals surface area contributed by atoms with E-state index >= 15 is 0 Å². The monoisotopic (exact) mass is 284 g/mol. The van der Waals surface area contributed by atoms with E-state index in [9.17, 15) is 0 Å². The second-order valence-corrected chi connectivity index (χ2v) is 5.62. The van der Waals surface area contributed by atoms with Crippen LogP contribution in [0.15, 0.2) is 42.5 Å². The number of hydrogen-bond donors (Lipinski definition) is 1. The van der Waals surface area contributed by atoms with Crippen LogP contribution in [0.25, 0.3) is 10.8 Å². The third kappa shape index (κ3) is 4.03. The molecule has 2 aromatic rings. The molecule has 1 aliphatic heterocycles. The van der Waals surface area contributed by atoms with Crippen molar-refractivity contribution in [2.45, 2.75) is 13.0 Å². The zero-order valence-corrected chi connectivity index (χ0v) is 12.6. The summed E-state index contributed by atoms with van der Waals surface area (Å²) >= 11 is 0. The number of ether oxygens (including phenoxy) is 1. The van der Waals surface area contributed by atoms with Crippen LogP contribution in [0.1, 0.15) is 12.0 Å². The van der Waals surface area contributed by atoms with Gasteiger partial charge in [0.1, 0.15) is 0 Å². The zero-order chi connectivity index (χ0) is 14.3. The van der Waals surface area contributed by atoms with Gasteiger partial charge in [-0.3, -0.25) is 4.90 Å². The Morgan fingerprint density at radius 1 is 1.00 bits per heavy atom. The number of benzene rings is 2. The van der Waals surface area contributed by atoms with Gasteiger partial charge in [-0.25, -0.2) is 0 Å². The van der Waals surface area contributed by atoms with Crippen LogP contribution < -0.4 is 5.32 Å². The maximum absolute atomic E-state index is 5.37. The second-order valence-electron chi connectivity index (χ2n) is 5.62. The number of rotatable bonds is 6. The van der Waals surface area contributed by atoms with E-state index in [4.69, 9.17) is 4.74 Å². The van der Waals surface area contributed by atoms with Crippen LogP contribution in [0, 0.1) is 0 Å². The Balaban J connectivity index is 1.44. The van der Waals surface area contributed by atoms with Gasteiger partial charge in [0.2, 0.25) is 0 Å².